The lowest BCUT2D eigenvalue weighted by Gasteiger charge is -2.41. The zero-order valence-electron chi connectivity index (χ0n) is 14.4. The average molecular weight is 327 g/mol. The van der Waals surface area contributed by atoms with Gasteiger partial charge in [-0.25, -0.2) is 0 Å². The SMILES string of the molecule is NC1CC2CC[C@@H](C1)N2C(=O)[C@@H]1CCCN(Cc2ccccc2)C1. The Kier molecular flexibility index (Phi) is 4.59. The smallest absolute Gasteiger partial charge is 0.227 e. The summed E-state index contributed by atoms with van der Waals surface area (Å²) in [5, 5.41) is 0. The second kappa shape index (κ2) is 6.85. The Balaban J connectivity index is 1.40. The number of hydrogen-bond acceptors (Lipinski definition) is 3. The second-order valence-electron chi connectivity index (χ2n) is 7.92. The van der Waals surface area contributed by atoms with Crippen molar-refractivity contribution in [3.8, 4) is 0 Å². The van der Waals surface area contributed by atoms with Crippen molar-refractivity contribution in [1.82, 2.24) is 9.80 Å². The van der Waals surface area contributed by atoms with Crippen molar-refractivity contribution >= 4 is 5.91 Å². The van der Waals surface area contributed by atoms with Crippen LogP contribution in [0.3, 0.4) is 0 Å². The molecule has 4 rings (SSSR count). The molecule has 3 fully saturated rings. The number of piperidine rings is 2. The summed E-state index contributed by atoms with van der Waals surface area (Å²) >= 11 is 0. The number of carbonyl (C=O) groups excluding carboxylic acids is 1. The van der Waals surface area contributed by atoms with Crippen LogP contribution in [0.25, 0.3) is 0 Å². The van der Waals surface area contributed by atoms with Gasteiger partial charge in [0.25, 0.3) is 0 Å². The van der Waals surface area contributed by atoms with Gasteiger partial charge < -0.3 is 10.6 Å². The maximum Gasteiger partial charge on any atom is 0.227 e. The van der Waals surface area contributed by atoms with Crippen molar-refractivity contribution in [3.05, 3.63) is 35.9 Å². The highest BCUT2D eigenvalue weighted by atomic mass is 16.2. The largest absolute Gasteiger partial charge is 0.336 e. The Morgan fingerprint density at radius 1 is 1.08 bits per heavy atom. The number of nitrogens with zero attached hydrogens (tertiary/aromatic N) is 2. The molecule has 2 unspecified atom stereocenters. The number of fused-ring (bicyclic) bond motifs is 2. The topological polar surface area (TPSA) is 49.6 Å². The second-order valence-corrected chi connectivity index (χ2v) is 7.92. The number of hydrogen-bond donors (Lipinski definition) is 1. The van der Waals surface area contributed by atoms with Gasteiger partial charge in [0.05, 0.1) is 5.92 Å². The predicted octanol–water partition coefficient (Wildman–Crippen LogP) is 2.38. The van der Waals surface area contributed by atoms with Crippen LogP contribution in [0.1, 0.15) is 44.1 Å². The standard InChI is InChI=1S/C20H29N3O/c21-17-11-18-8-9-19(12-17)23(18)20(24)16-7-4-10-22(14-16)13-15-5-2-1-3-6-15/h1-3,5-6,16-19H,4,7-14,21H2/t16-,17?,18+,19?/m1/s1. The number of nitrogens with two attached hydrogens (primary N) is 1. The van der Waals surface area contributed by atoms with Crippen molar-refractivity contribution in [2.24, 2.45) is 11.7 Å². The summed E-state index contributed by atoms with van der Waals surface area (Å²) in [5.41, 5.74) is 7.50. The van der Waals surface area contributed by atoms with Gasteiger partial charge in [-0.1, -0.05) is 30.3 Å². The summed E-state index contributed by atoms with van der Waals surface area (Å²) < 4.78 is 0. The van der Waals surface area contributed by atoms with Gasteiger partial charge >= 0.3 is 0 Å². The van der Waals surface area contributed by atoms with E-state index in [2.05, 4.69) is 40.1 Å². The minimum Gasteiger partial charge on any atom is -0.336 e. The first kappa shape index (κ1) is 16.1. The van der Waals surface area contributed by atoms with Crippen molar-refractivity contribution < 1.29 is 4.79 Å². The molecule has 0 aliphatic carbocycles. The van der Waals surface area contributed by atoms with Gasteiger partial charge in [0.15, 0.2) is 0 Å². The first-order valence-corrected chi connectivity index (χ1v) is 9.55. The summed E-state index contributed by atoms with van der Waals surface area (Å²) in [6.45, 7) is 2.98. The van der Waals surface area contributed by atoms with E-state index < -0.39 is 0 Å². The lowest BCUT2D eigenvalue weighted by atomic mass is 9.92. The molecule has 3 saturated heterocycles. The summed E-state index contributed by atoms with van der Waals surface area (Å²) in [4.78, 5) is 17.9. The Morgan fingerprint density at radius 2 is 1.79 bits per heavy atom. The van der Waals surface area contributed by atoms with Crippen LogP contribution >= 0.6 is 0 Å². The Labute approximate surface area is 145 Å². The number of carbonyl (C=O) groups is 1. The third-order valence-corrected chi connectivity index (χ3v) is 6.13. The number of likely N-dealkylation sites (tertiary alicyclic amines) is 1. The average Bonchev–Trinajstić information content (AvgIpc) is 2.87. The molecule has 0 saturated carbocycles. The highest BCUT2D eigenvalue weighted by Gasteiger charge is 2.44. The van der Waals surface area contributed by atoms with E-state index in [1.165, 1.54) is 5.56 Å². The maximum atomic E-state index is 13.2. The molecule has 2 bridgehead atoms. The van der Waals surface area contributed by atoms with Crippen LogP contribution in [0.2, 0.25) is 0 Å². The van der Waals surface area contributed by atoms with Gasteiger partial charge in [-0.2, -0.15) is 0 Å². The quantitative estimate of drug-likeness (QED) is 0.927. The van der Waals surface area contributed by atoms with E-state index in [4.69, 9.17) is 5.73 Å². The minimum atomic E-state index is 0.180. The van der Waals surface area contributed by atoms with Crippen LogP contribution < -0.4 is 5.73 Å². The summed E-state index contributed by atoms with van der Waals surface area (Å²) in [6.07, 6.45) is 6.50. The van der Waals surface area contributed by atoms with Crippen LogP contribution in [0.4, 0.5) is 0 Å². The van der Waals surface area contributed by atoms with E-state index in [1.54, 1.807) is 0 Å². The molecule has 4 nitrogen and oxygen atoms in total. The zero-order chi connectivity index (χ0) is 16.5. The molecule has 130 valence electrons. The lowest BCUT2D eigenvalue weighted by Crippen LogP contribution is -2.54. The molecule has 3 aliphatic heterocycles. The van der Waals surface area contributed by atoms with Crippen LogP contribution in [0, 0.1) is 5.92 Å². The van der Waals surface area contributed by atoms with Crippen molar-refractivity contribution in [3.63, 3.8) is 0 Å². The molecule has 0 aromatic heterocycles. The molecular formula is C20H29N3O. The molecule has 1 aromatic carbocycles. The molecule has 1 aromatic rings. The van der Waals surface area contributed by atoms with E-state index in [9.17, 15) is 4.79 Å². The predicted molar refractivity (Wildman–Crippen MR) is 95.3 cm³/mol. The highest BCUT2D eigenvalue weighted by Crippen LogP contribution is 2.37. The molecule has 3 heterocycles. The minimum absolute atomic E-state index is 0.180. The monoisotopic (exact) mass is 327 g/mol. The van der Waals surface area contributed by atoms with Gasteiger partial charge in [-0.3, -0.25) is 9.69 Å². The molecule has 4 atom stereocenters. The third-order valence-electron chi connectivity index (χ3n) is 6.13. The molecular weight excluding hydrogens is 298 g/mol. The summed E-state index contributed by atoms with van der Waals surface area (Å²) in [6, 6.07) is 11.7. The van der Waals surface area contributed by atoms with Gasteiger partial charge in [0.1, 0.15) is 0 Å². The number of rotatable bonds is 3. The van der Waals surface area contributed by atoms with E-state index in [-0.39, 0.29) is 5.92 Å². The van der Waals surface area contributed by atoms with Crippen LogP contribution in [0.15, 0.2) is 30.3 Å². The van der Waals surface area contributed by atoms with Crippen LogP contribution in [-0.2, 0) is 11.3 Å². The normalized spacial score (nSPS) is 33.6. The first-order chi connectivity index (χ1) is 11.7. The Morgan fingerprint density at radius 3 is 2.50 bits per heavy atom. The van der Waals surface area contributed by atoms with Gasteiger partial charge in [-0.15, -0.1) is 0 Å². The molecule has 1 amide bonds. The summed E-state index contributed by atoms with van der Waals surface area (Å²) in [5.74, 6) is 0.590. The van der Waals surface area contributed by atoms with Crippen LogP contribution in [-0.4, -0.2) is 46.9 Å². The van der Waals surface area contributed by atoms with Gasteiger partial charge in [0.2, 0.25) is 5.91 Å². The maximum absolute atomic E-state index is 13.2. The molecule has 4 heteroatoms. The molecule has 0 radical (unpaired) electrons. The molecule has 0 spiro atoms. The van der Waals surface area contributed by atoms with E-state index in [0.29, 0.717) is 24.0 Å². The van der Waals surface area contributed by atoms with Gasteiger partial charge in [-0.05, 0) is 50.6 Å². The fourth-order valence-corrected chi connectivity index (χ4v) is 5.03. The van der Waals surface area contributed by atoms with Gasteiger partial charge in [0, 0.05) is 31.2 Å². The van der Waals surface area contributed by atoms with Crippen molar-refractivity contribution in [1.29, 1.82) is 0 Å². The molecule has 2 N–H and O–H groups in total. The van der Waals surface area contributed by atoms with E-state index >= 15 is 0 Å². The van der Waals surface area contributed by atoms with E-state index in [1.807, 2.05) is 0 Å². The number of amides is 1. The van der Waals surface area contributed by atoms with Crippen molar-refractivity contribution in [2.75, 3.05) is 13.1 Å². The lowest BCUT2D eigenvalue weighted by molar-refractivity contribution is -0.142. The van der Waals surface area contributed by atoms with Crippen molar-refractivity contribution in [2.45, 2.75) is 63.2 Å². The van der Waals surface area contributed by atoms with E-state index in [0.717, 1.165) is 58.2 Å². The Hall–Kier alpha value is -1.39. The third kappa shape index (κ3) is 3.22. The summed E-state index contributed by atoms with van der Waals surface area (Å²) in [7, 11) is 0. The zero-order valence-corrected chi connectivity index (χ0v) is 14.4. The highest BCUT2D eigenvalue weighted by molar-refractivity contribution is 5.80. The fraction of sp³-hybridized carbons (Fsp3) is 0.650. The Bertz CT molecular complexity index is 562. The number of benzene rings is 1. The molecule has 24 heavy (non-hydrogen) atoms. The van der Waals surface area contributed by atoms with Crippen LogP contribution in [0.5, 0.6) is 0 Å². The first-order valence-electron chi connectivity index (χ1n) is 9.55. The molecule has 3 aliphatic rings. The fourth-order valence-electron chi connectivity index (χ4n) is 5.03.